The highest BCUT2D eigenvalue weighted by molar-refractivity contribution is 5.84. The van der Waals surface area contributed by atoms with Gasteiger partial charge in [0, 0.05) is 17.7 Å². The average Bonchev–Trinajstić information content (AvgIpc) is 3.11. The van der Waals surface area contributed by atoms with Gasteiger partial charge in [-0.1, -0.05) is 5.16 Å². The molecule has 0 unspecified atom stereocenters. The smallest absolute Gasteiger partial charge is 0.216 e. The van der Waals surface area contributed by atoms with Crippen LogP contribution in [-0.4, -0.2) is 25.8 Å². The lowest BCUT2D eigenvalue weighted by atomic mass is 10.2. The highest BCUT2D eigenvalue weighted by Gasteiger charge is 2.11. The van der Waals surface area contributed by atoms with Crippen LogP contribution in [0.15, 0.2) is 22.9 Å². The van der Waals surface area contributed by atoms with E-state index in [-0.39, 0.29) is 17.1 Å². The molecule has 0 saturated heterocycles. The number of nitriles is 1. The minimum atomic E-state index is -0.527. The van der Waals surface area contributed by atoms with Gasteiger partial charge < -0.3 is 9.84 Å². The maximum absolute atomic E-state index is 13.9. The fourth-order valence-corrected chi connectivity index (χ4v) is 1.76. The van der Waals surface area contributed by atoms with Crippen LogP contribution in [0.5, 0.6) is 0 Å². The molecule has 0 fully saturated rings. The van der Waals surface area contributed by atoms with E-state index in [1.54, 1.807) is 13.0 Å². The Hall–Kier alpha value is -3.28. The van der Waals surface area contributed by atoms with Gasteiger partial charge >= 0.3 is 0 Å². The fourth-order valence-electron chi connectivity index (χ4n) is 1.76. The van der Waals surface area contributed by atoms with Crippen molar-refractivity contribution < 1.29 is 8.91 Å². The molecule has 0 aliphatic heterocycles. The number of fused-ring (bicyclic) bond motifs is 1. The first kappa shape index (κ1) is 12.7. The number of rotatable bonds is 3. The molecule has 0 spiro atoms. The van der Waals surface area contributed by atoms with E-state index in [2.05, 4.69) is 31.1 Å². The lowest BCUT2D eigenvalue weighted by Crippen LogP contribution is -1.95. The minimum absolute atomic E-state index is 0.116. The maximum Gasteiger partial charge on any atom is 0.216 e. The predicted octanol–water partition coefficient (Wildman–Crippen LogP) is 1.76. The lowest BCUT2D eigenvalue weighted by molar-refractivity contribution is 0.449. The van der Waals surface area contributed by atoms with E-state index >= 15 is 0 Å². The van der Waals surface area contributed by atoms with Crippen molar-refractivity contribution in [2.75, 3.05) is 5.32 Å². The van der Waals surface area contributed by atoms with Gasteiger partial charge in [0.25, 0.3) is 0 Å². The van der Waals surface area contributed by atoms with Crippen LogP contribution >= 0.6 is 0 Å². The second-order valence-corrected chi connectivity index (χ2v) is 4.15. The Labute approximate surface area is 117 Å². The Morgan fingerprint density at radius 2 is 2.38 bits per heavy atom. The first-order chi connectivity index (χ1) is 10.2. The number of aromatic nitrogens is 5. The molecule has 3 aromatic rings. The third-order valence-electron chi connectivity index (χ3n) is 2.82. The van der Waals surface area contributed by atoms with Crippen molar-refractivity contribution in [3.05, 3.63) is 35.7 Å². The minimum Gasteiger partial charge on any atom is -0.358 e. The molecule has 0 bridgehead atoms. The van der Waals surface area contributed by atoms with E-state index in [0.717, 1.165) is 0 Å². The Morgan fingerprint density at radius 1 is 1.52 bits per heavy atom. The van der Waals surface area contributed by atoms with Crippen LogP contribution in [0.1, 0.15) is 11.5 Å². The zero-order valence-corrected chi connectivity index (χ0v) is 10.8. The summed E-state index contributed by atoms with van der Waals surface area (Å²) in [5.74, 6) is -0.409. The van der Waals surface area contributed by atoms with Crippen LogP contribution < -0.4 is 5.32 Å². The Balaban J connectivity index is 1.96. The number of halogens is 1. The average molecular weight is 285 g/mol. The number of hydrogen-bond acceptors (Lipinski definition) is 7. The largest absolute Gasteiger partial charge is 0.358 e. The molecule has 0 amide bonds. The summed E-state index contributed by atoms with van der Waals surface area (Å²) < 4.78 is 18.9. The second kappa shape index (κ2) is 5.01. The van der Waals surface area contributed by atoms with Crippen molar-refractivity contribution in [2.24, 2.45) is 0 Å². The molecular formula is C12H8FN7O. The normalized spacial score (nSPS) is 11.6. The highest BCUT2D eigenvalue weighted by atomic mass is 19.1. The summed E-state index contributed by atoms with van der Waals surface area (Å²) in [5, 5.41) is 29.1. The SMILES string of the molecule is Cc1noc2cc(F)c(NC=C(C#N)c3nn[nH]n3)cc12. The fraction of sp³-hybridized carbons (Fsp3) is 0.0833. The molecule has 8 nitrogen and oxygen atoms in total. The molecule has 2 N–H and O–H groups in total. The quantitative estimate of drug-likeness (QED) is 0.704. The zero-order valence-electron chi connectivity index (χ0n) is 10.8. The van der Waals surface area contributed by atoms with Crippen molar-refractivity contribution in [1.29, 1.82) is 5.26 Å². The number of nitrogens with one attached hydrogen (secondary N) is 2. The molecule has 0 atom stereocenters. The summed E-state index contributed by atoms with van der Waals surface area (Å²) in [5.41, 5.74) is 1.31. The molecule has 2 heterocycles. The van der Waals surface area contributed by atoms with Gasteiger partial charge in [-0.15, -0.1) is 10.2 Å². The van der Waals surface area contributed by atoms with Gasteiger partial charge in [-0.05, 0) is 18.2 Å². The van der Waals surface area contributed by atoms with Crippen LogP contribution in [0, 0.1) is 24.1 Å². The van der Waals surface area contributed by atoms with Crippen LogP contribution in [-0.2, 0) is 0 Å². The number of allylic oxidation sites excluding steroid dienone is 1. The van der Waals surface area contributed by atoms with Gasteiger partial charge in [-0.2, -0.15) is 10.5 Å². The number of nitrogens with zero attached hydrogens (tertiary/aromatic N) is 5. The number of aromatic amines is 1. The van der Waals surface area contributed by atoms with Crippen molar-refractivity contribution in [3.8, 4) is 6.07 Å². The predicted molar refractivity (Wildman–Crippen MR) is 70.1 cm³/mol. The topological polar surface area (TPSA) is 116 Å². The maximum atomic E-state index is 13.9. The van der Waals surface area contributed by atoms with Gasteiger partial charge in [-0.3, -0.25) is 0 Å². The van der Waals surface area contributed by atoms with Crippen LogP contribution in [0.4, 0.5) is 10.1 Å². The number of anilines is 1. The first-order valence-electron chi connectivity index (χ1n) is 5.85. The molecule has 3 rings (SSSR count). The molecule has 0 aliphatic carbocycles. The summed E-state index contributed by atoms with van der Waals surface area (Å²) >= 11 is 0. The van der Waals surface area contributed by atoms with Gasteiger partial charge in [0.1, 0.15) is 17.5 Å². The number of H-pyrrole nitrogens is 1. The molecule has 0 radical (unpaired) electrons. The van der Waals surface area contributed by atoms with E-state index in [9.17, 15) is 4.39 Å². The molecule has 104 valence electrons. The monoisotopic (exact) mass is 285 g/mol. The molecule has 1 aromatic carbocycles. The van der Waals surface area contributed by atoms with Gasteiger partial charge in [0.05, 0.1) is 11.4 Å². The number of aryl methyl sites for hydroxylation is 1. The summed E-state index contributed by atoms with van der Waals surface area (Å²) in [7, 11) is 0. The van der Waals surface area contributed by atoms with Crippen LogP contribution in [0.25, 0.3) is 16.5 Å². The standard InChI is InChI=1S/C12H8FN7O/c1-6-8-2-10(9(13)3-11(8)21-18-6)15-5-7(4-14)12-16-19-20-17-12/h2-3,5,15H,1H3,(H,16,17,19,20). The first-order valence-corrected chi connectivity index (χ1v) is 5.85. The number of tetrazole rings is 1. The molecule has 21 heavy (non-hydrogen) atoms. The molecular weight excluding hydrogens is 277 g/mol. The third-order valence-corrected chi connectivity index (χ3v) is 2.82. The van der Waals surface area contributed by atoms with Gasteiger partial charge in [0.15, 0.2) is 5.58 Å². The molecule has 0 aliphatic rings. The lowest BCUT2D eigenvalue weighted by Gasteiger charge is -2.03. The zero-order chi connectivity index (χ0) is 14.8. The highest BCUT2D eigenvalue weighted by Crippen LogP contribution is 2.25. The Bertz CT molecular complexity index is 860. The van der Waals surface area contributed by atoms with Crippen molar-refractivity contribution >= 4 is 22.2 Å². The number of benzene rings is 1. The third kappa shape index (κ3) is 2.30. The van der Waals surface area contributed by atoms with Crippen LogP contribution in [0.2, 0.25) is 0 Å². The summed E-state index contributed by atoms with van der Waals surface area (Å²) in [6.07, 6.45) is 1.30. The van der Waals surface area contributed by atoms with E-state index in [1.165, 1.54) is 12.3 Å². The van der Waals surface area contributed by atoms with E-state index < -0.39 is 5.82 Å². The van der Waals surface area contributed by atoms with Crippen molar-refractivity contribution in [2.45, 2.75) is 6.92 Å². The van der Waals surface area contributed by atoms with Crippen LogP contribution in [0.3, 0.4) is 0 Å². The van der Waals surface area contributed by atoms with Crippen molar-refractivity contribution in [1.82, 2.24) is 25.8 Å². The second-order valence-electron chi connectivity index (χ2n) is 4.15. The van der Waals surface area contributed by atoms with E-state index in [1.807, 2.05) is 6.07 Å². The number of hydrogen-bond donors (Lipinski definition) is 2. The van der Waals surface area contributed by atoms with Gasteiger partial charge in [-0.25, -0.2) is 4.39 Å². The molecule has 9 heteroatoms. The summed E-state index contributed by atoms with van der Waals surface area (Å²) in [4.78, 5) is 0. The van der Waals surface area contributed by atoms with Gasteiger partial charge in [0.2, 0.25) is 5.82 Å². The van der Waals surface area contributed by atoms with Crippen molar-refractivity contribution in [3.63, 3.8) is 0 Å². The van der Waals surface area contributed by atoms with E-state index in [4.69, 9.17) is 9.78 Å². The molecule has 0 saturated carbocycles. The Kier molecular flexibility index (Phi) is 3.04. The van der Waals surface area contributed by atoms with E-state index in [0.29, 0.717) is 16.7 Å². The molecule has 2 aromatic heterocycles. The Morgan fingerprint density at radius 3 is 3.10 bits per heavy atom. The summed E-state index contributed by atoms with van der Waals surface area (Å²) in [6, 6.07) is 4.68. The summed E-state index contributed by atoms with van der Waals surface area (Å²) in [6.45, 7) is 1.75.